The van der Waals surface area contributed by atoms with Gasteiger partial charge in [-0.1, -0.05) is 50.6 Å². The molecule has 0 radical (unpaired) electrons. The summed E-state index contributed by atoms with van der Waals surface area (Å²) in [4.78, 5) is 27.3. The first-order chi connectivity index (χ1) is 14.3. The molecule has 0 saturated heterocycles. The molecular formula is C23H28ClFN2O3. The number of ether oxygens (including phenoxy) is 1. The monoisotopic (exact) mass is 434 g/mol. The number of hydrogen-bond acceptors (Lipinski definition) is 3. The summed E-state index contributed by atoms with van der Waals surface area (Å²) >= 11 is 6.29. The van der Waals surface area contributed by atoms with E-state index in [1.165, 1.54) is 29.2 Å². The quantitative estimate of drug-likeness (QED) is 0.601. The molecule has 0 spiro atoms. The van der Waals surface area contributed by atoms with Gasteiger partial charge in [0, 0.05) is 18.1 Å². The minimum atomic E-state index is -0.663. The molecule has 1 N–H and O–H groups in total. The molecule has 0 aliphatic carbocycles. The van der Waals surface area contributed by atoms with Gasteiger partial charge in [-0.25, -0.2) is 4.39 Å². The number of nitrogens with one attached hydrogen (secondary N) is 1. The maximum Gasteiger partial charge on any atom is 0.261 e. The predicted octanol–water partition coefficient (Wildman–Crippen LogP) is 4.44. The Kier molecular flexibility index (Phi) is 9.12. The lowest BCUT2D eigenvalue weighted by Gasteiger charge is -2.31. The molecule has 0 aliphatic rings. The fourth-order valence-electron chi connectivity index (χ4n) is 2.91. The molecule has 0 aliphatic heterocycles. The van der Waals surface area contributed by atoms with Crippen LogP contribution in [0.3, 0.4) is 0 Å². The molecule has 0 saturated carbocycles. The van der Waals surface area contributed by atoms with Crippen LogP contribution in [0.4, 0.5) is 4.39 Å². The van der Waals surface area contributed by atoms with Gasteiger partial charge in [0.1, 0.15) is 17.6 Å². The van der Waals surface area contributed by atoms with Gasteiger partial charge in [0.25, 0.3) is 5.91 Å². The van der Waals surface area contributed by atoms with E-state index in [4.69, 9.17) is 16.3 Å². The Labute approximate surface area is 182 Å². The first-order valence-corrected chi connectivity index (χ1v) is 10.4. The lowest BCUT2D eigenvalue weighted by molar-refractivity contribution is -0.143. The molecule has 1 atom stereocenters. The van der Waals surface area contributed by atoms with Crippen LogP contribution in [0.1, 0.15) is 32.8 Å². The summed E-state index contributed by atoms with van der Waals surface area (Å²) < 4.78 is 18.6. The Morgan fingerprint density at radius 2 is 1.80 bits per heavy atom. The first kappa shape index (κ1) is 23.7. The fourth-order valence-corrected chi connectivity index (χ4v) is 3.11. The lowest BCUT2D eigenvalue weighted by Crippen LogP contribution is -2.50. The van der Waals surface area contributed by atoms with Gasteiger partial charge in [-0.2, -0.15) is 0 Å². The number of amides is 2. The van der Waals surface area contributed by atoms with Crippen molar-refractivity contribution in [2.75, 3.05) is 13.2 Å². The van der Waals surface area contributed by atoms with Gasteiger partial charge < -0.3 is 15.0 Å². The number of carbonyl (C=O) groups is 2. The van der Waals surface area contributed by atoms with Crippen LogP contribution < -0.4 is 10.1 Å². The predicted molar refractivity (Wildman–Crippen MR) is 116 cm³/mol. The van der Waals surface area contributed by atoms with Crippen molar-refractivity contribution in [2.24, 2.45) is 5.92 Å². The van der Waals surface area contributed by atoms with Gasteiger partial charge in [0.05, 0.1) is 0 Å². The van der Waals surface area contributed by atoms with Crippen molar-refractivity contribution < 1.29 is 18.7 Å². The molecule has 0 heterocycles. The SMILES string of the molecule is CCC(C(=O)NCC(C)C)N(Cc1ccccc1Cl)C(=O)COc1ccc(F)cc1. The highest BCUT2D eigenvalue weighted by Gasteiger charge is 2.29. The van der Waals surface area contributed by atoms with Gasteiger partial charge in [0.2, 0.25) is 5.91 Å². The van der Waals surface area contributed by atoms with E-state index in [0.717, 1.165) is 5.56 Å². The van der Waals surface area contributed by atoms with Crippen molar-refractivity contribution in [1.29, 1.82) is 0 Å². The third-order valence-electron chi connectivity index (χ3n) is 4.54. The summed E-state index contributed by atoms with van der Waals surface area (Å²) in [6.07, 6.45) is 0.441. The maximum atomic E-state index is 13.1. The highest BCUT2D eigenvalue weighted by molar-refractivity contribution is 6.31. The molecular weight excluding hydrogens is 407 g/mol. The van der Waals surface area contributed by atoms with Crippen LogP contribution in [-0.2, 0) is 16.1 Å². The Hall–Kier alpha value is -2.60. The minimum Gasteiger partial charge on any atom is -0.484 e. The van der Waals surface area contributed by atoms with Crippen molar-refractivity contribution in [3.8, 4) is 5.75 Å². The van der Waals surface area contributed by atoms with Gasteiger partial charge >= 0.3 is 0 Å². The molecule has 162 valence electrons. The van der Waals surface area contributed by atoms with Crippen molar-refractivity contribution in [3.63, 3.8) is 0 Å². The summed E-state index contributed by atoms with van der Waals surface area (Å²) in [5.74, 6) is -0.290. The lowest BCUT2D eigenvalue weighted by atomic mass is 10.1. The van der Waals surface area contributed by atoms with Crippen LogP contribution in [0.2, 0.25) is 5.02 Å². The molecule has 5 nitrogen and oxygen atoms in total. The van der Waals surface area contributed by atoms with Gasteiger partial charge in [-0.15, -0.1) is 0 Å². The second-order valence-electron chi connectivity index (χ2n) is 7.42. The topological polar surface area (TPSA) is 58.6 Å². The molecule has 30 heavy (non-hydrogen) atoms. The number of benzene rings is 2. The average Bonchev–Trinajstić information content (AvgIpc) is 2.72. The molecule has 7 heteroatoms. The third-order valence-corrected chi connectivity index (χ3v) is 4.91. The van der Waals surface area contributed by atoms with Crippen LogP contribution in [0, 0.1) is 11.7 Å². The largest absolute Gasteiger partial charge is 0.484 e. The number of rotatable bonds is 10. The van der Waals surface area contributed by atoms with Gasteiger partial charge in [-0.05, 0) is 48.2 Å². The highest BCUT2D eigenvalue weighted by atomic mass is 35.5. The zero-order valence-corrected chi connectivity index (χ0v) is 18.3. The van der Waals surface area contributed by atoms with E-state index in [0.29, 0.717) is 29.7 Å². The van der Waals surface area contributed by atoms with Crippen LogP contribution >= 0.6 is 11.6 Å². The van der Waals surface area contributed by atoms with E-state index < -0.39 is 6.04 Å². The Bertz CT molecular complexity index is 843. The van der Waals surface area contributed by atoms with E-state index >= 15 is 0 Å². The molecule has 2 rings (SSSR count). The standard InChI is InChI=1S/C23H28ClFN2O3/c1-4-21(23(29)26-13-16(2)3)27(14-17-7-5-6-8-20(17)24)22(28)15-30-19-11-9-18(25)10-12-19/h5-12,16,21H,4,13-15H2,1-3H3,(H,26,29). The number of carbonyl (C=O) groups excluding carboxylic acids is 2. The van der Waals surface area contributed by atoms with Crippen LogP contribution in [0.25, 0.3) is 0 Å². The van der Waals surface area contributed by atoms with Crippen LogP contribution in [0.15, 0.2) is 48.5 Å². The summed E-state index contributed by atoms with van der Waals surface area (Å²) in [6.45, 7) is 6.29. The number of nitrogens with zero attached hydrogens (tertiary/aromatic N) is 1. The van der Waals surface area contributed by atoms with E-state index in [-0.39, 0.29) is 30.8 Å². The Morgan fingerprint density at radius 1 is 1.13 bits per heavy atom. The van der Waals surface area contributed by atoms with Crippen molar-refractivity contribution in [2.45, 2.75) is 39.8 Å². The molecule has 1 unspecified atom stereocenters. The van der Waals surface area contributed by atoms with E-state index in [1.54, 1.807) is 6.07 Å². The summed E-state index contributed by atoms with van der Waals surface area (Å²) in [5.41, 5.74) is 0.740. The third kappa shape index (κ3) is 7.02. The van der Waals surface area contributed by atoms with E-state index in [1.807, 2.05) is 39.0 Å². The summed E-state index contributed by atoms with van der Waals surface area (Å²) in [5, 5.41) is 3.42. The van der Waals surface area contributed by atoms with Crippen molar-refractivity contribution in [3.05, 3.63) is 64.9 Å². The van der Waals surface area contributed by atoms with Gasteiger partial charge in [-0.3, -0.25) is 9.59 Å². The van der Waals surface area contributed by atoms with Crippen molar-refractivity contribution in [1.82, 2.24) is 10.2 Å². The molecule has 0 bridgehead atoms. The zero-order valence-electron chi connectivity index (χ0n) is 17.5. The van der Waals surface area contributed by atoms with Crippen LogP contribution in [-0.4, -0.2) is 35.9 Å². The Balaban J connectivity index is 2.19. The molecule has 0 aromatic heterocycles. The summed E-state index contributed by atoms with van der Waals surface area (Å²) in [6, 6.07) is 12.0. The second kappa shape index (κ2) is 11.6. The first-order valence-electron chi connectivity index (χ1n) is 10.0. The number of hydrogen-bond donors (Lipinski definition) is 1. The smallest absolute Gasteiger partial charge is 0.261 e. The fraction of sp³-hybridized carbons (Fsp3) is 0.391. The summed E-state index contributed by atoms with van der Waals surface area (Å²) in [7, 11) is 0. The van der Waals surface area contributed by atoms with Crippen molar-refractivity contribution >= 4 is 23.4 Å². The molecule has 0 fully saturated rings. The minimum absolute atomic E-state index is 0.179. The Morgan fingerprint density at radius 3 is 2.40 bits per heavy atom. The average molecular weight is 435 g/mol. The van der Waals surface area contributed by atoms with Crippen LogP contribution in [0.5, 0.6) is 5.75 Å². The van der Waals surface area contributed by atoms with Gasteiger partial charge in [0.15, 0.2) is 6.61 Å². The molecule has 2 aromatic carbocycles. The zero-order chi connectivity index (χ0) is 22.1. The normalized spacial score (nSPS) is 11.8. The molecule has 2 aromatic rings. The highest BCUT2D eigenvalue weighted by Crippen LogP contribution is 2.20. The van der Waals surface area contributed by atoms with E-state index in [9.17, 15) is 14.0 Å². The molecule has 2 amide bonds. The van der Waals surface area contributed by atoms with E-state index in [2.05, 4.69) is 5.32 Å². The second-order valence-corrected chi connectivity index (χ2v) is 7.83. The number of halogens is 2. The maximum absolute atomic E-state index is 13.1.